The molecule has 0 fully saturated rings. The summed E-state index contributed by atoms with van der Waals surface area (Å²) < 4.78 is 28.0. The molecular formula is C25H21ClN2O4S. The summed E-state index contributed by atoms with van der Waals surface area (Å²) in [5.41, 5.74) is 2.38. The van der Waals surface area contributed by atoms with Crippen molar-refractivity contribution in [3.63, 3.8) is 0 Å². The maximum atomic E-state index is 13.2. The van der Waals surface area contributed by atoms with Crippen molar-refractivity contribution in [2.24, 2.45) is 0 Å². The van der Waals surface area contributed by atoms with Crippen LogP contribution in [-0.2, 0) is 26.9 Å². The Bertz CT molecular complexity index is 1440. The third-order valence-corrected chi connectivity index (χ3v) is 7.21. The lowest BCUT2D eigenvalue weighted by Crippen LogP contribution is -2.18. The molecule has 4 aromatic rings. The normalized spacial score (nSPS) is 11.5. The summed E-state index contributed by atoms with van der Waals surface area (Å²) in [5, 5.41) is 3.88. The Hall–Kier alpha value is -3.42. The zero-order valence-corrected chi connectivity index (χ0v) is 19.4. The van der Waals surface area contributed by atoms with E-state index in [0.29, 0.717) is 32.7 Å². The maximum absolute atomic E-state index is 13.2. The highest BCUT2D eigenvalue weighted by molar-refractivity contribution is 7.90. The quantitative estimate of drug-likeness (QED) is 0.372. The number of benzene rings is 3. The summed E-state index contributed by atoms with van der Waals surface area (Å²) in [6.07, 6.45) is 1.51. The molecule has 1 aromatic heterocycles. The number of para-hydroxylation sites is 1. The Balaban J connectivity index is 1.59. The van der Waals surface area contributed by atoms with Gasteiger partial charge in [-0.25, -0.2) is 8.42 Å². The molecule has 3 aromatic carbocycles. The van der Waals surface area contributed by atoms with Crippen LogP contribution in [0.2, 0.25) is 5.02 Å². The van der Waals surface area contributed by atoms with Crippen LogP contribution in [0.25, 0.3) is 10.9 Å². The minimum Gasteiger partial charge on any atom is -0.337 e. The molecule has 0 radical (unpaired) electrons. The zero-order valence-electron chi connectivity index (χ0n) is 17.8. The minimum absolute atomic E-state index is 0.0565. The second kappa shape index (κ2) is 9.21. The van der Waals surface area contributed by atoms with E-state index in [-0.39, 0.29) is 28.9 Å². The number of aromatic nitrogens is 1. The molecule has 0 spiro atoms. The number of hydrogen-bond donors (Lipinski definition) is 1. The number of fused-ring (bicyclic) bond motifs is 1. The molecule has 0 aliphatic heterocycles. The molecule has 1 N–H and O–H groups in total. The van der Waals surface area contributed by atoms with Crippen LogP contribution in [0.1, 0.15) is 22.8 Å². The molecule has 8 heteroatoms. The average molecular weight is 481 g/mol. The number of nitrogens with one attached hydrogen (secondary N) is 1. The van der Waals surface area contributed by atoms with Crippen molar-refractivity contribution in [1.29, 1.82) is 0 Å². The lowest BCUT2D eigenvalue weighted by molar-refractivity contribution is -0.116. The molecule has 1 heterocycles. The first kappa shape index (κ1) is 22.8. The number of halogens is 1. The van der Waals surface area contributed by atoms with Gasteiger partial charge in [0, 0.05) is 33.4 Å². The van der Waals surface area contributed by atoms with Crippen molar-refractivity contribution in [2.75, 3.05) is 5.32 Å². The molecule has 33 heavy (non-hydrogen) atoms. The number of amides is 1. The molecule has 0 saturated heterocycles. The van der Waals surface area contributed by atoms with Crippen LogP contribution in [-0.4, -0.2) is 24.7 Å². The SMILES string of the molecule is CC(=O)c1ccc(NC(=O)Cn2cc(S(=O)(=O)Cc3ccc(Cl)cc3)c3ccccc32)cc1. The summed E-state index contributed by atoms with van der Waals surface area (Å²) in [7, 11) is -3.67. The van der Waals surface area contributed by atoms with Crippen molar-refractivity contribution >= 4 is 49.7 Å². The van der Waals surface area contributed by atoms with E-state index < -0.39 is 9.84 Å². The number of carbonyl (C=O) groups is 2. The molecule has 168 valence electrons. The smallest absolute Gasteiger partial charge is 0.244 e. The number of rotatable bonds is 7. The van der Waals surface area contributed by atoms with Crippen LogP contribution in [0, 0.1) is 0 Å². The summed E-state index contributed by atoms with van der Waals surface area (Å²) in [6, 6.07) is 20.4. The van der Waals surface area contributed by atoms with Gasteiger partial charge in [0.25, 0.3) is 0 Å². The van der Waals surface area contributed by atoms with Crippen LogP contribution in [0.4, 0.5) is 5.69 Å². The third-order valence-electron chi connectivity index (χ3n) is 5.25. The fourth-order valence-electron chi connectivity index (χ4n) is 3.61. The van der Waals surface area contributed by atoms with Crippen LogP contribution in [0.3, 0.4) is 0 Å². The Kier molecular flexibility index (Phi) is 6.35. The van der Waals surface area contributed by atoms with Crippen molar-refractivity contribution in [2.45, 2.75) is 24.1 Å². The molecule has 1 amide bonds. The van der Waals surface area contributed by atoms with Gasteiger partial charge in [0.05, 0.1) is 10.6 Å². The Morgan fingerprint density at radius 3 is 2.27 bits per heavy atom. The van der Waals surface area contributed by atoms with Gasteiger partial charge in [-0.15, -0.1) is 0 Å². The number of Topliss-reactive ketones (excluding diaryl/α,β-unsaturated/α-hetero) is 1. The summed E-state index contributed by atoms with van der Waals surface area (Å²) in [5.74, 6) is -0.542. The summed E-state index contributed by atoms with van der Waals surface area (Å²) in [6.45, 7) is 1.41. The molecule has 0 saturated carbocycles. The van der Waals surface area contributed by atoms with Gasteiger partial charge in [0.2, 0.25) is 5.91 Å². The highest BCUT2D eigenvalue weighted by atomic mass is 35.5. The largest absolute Gasteiger partial charge is 0.337 e. The van der Waals surface area contributed by atoms with Crippen molar-refractivity contribution in [1.82, 2.24) is 4.57 Å². The van der Waals surface area contributed by atoms with Crippen LogP contribution >= 0.6 is 11.6 Å². The zero-order chi connectivity index (χ0) is 23.6. The van der Waals surface area contributed by atoms with E-state index in [1.807, 2.05) is 0 Å². The van der Waals surface area contributed by atoms with Crippen molar-refractivity contribution < 1.29 is 18.0 Å². The summed E-state index contributed by atoms with van der Waals surface area (Å²) in [4.78, 5) is 24.3. The molecular weight excluding hydrogens is 460 g/mol. The van der Waals surface area contributed by atoms with Crippen LogP contribution in [0.15, 0.2) is 83.9 Å². The van der Waals surface area contributed by atoms with Crippen molar-refractivity contribution in [3.8, 4) is 0 Å². The second-order valence-electron chi connectivity index (χ2n) is 7.71. The number of hydrogen-bond acceptors (Lipinski definition) is 4. The lowest BCUT2D eigenvalue weighted by atomic mass is 10.1. The second-order valence-corrected chi connectivity index (χ2v) is 10.1. The minimum atomic E-state index is -3.67. The highest BCUT2D eigenvalue weighted by Gasteiger charge is 2.22. The standard InChI is InChI=1S/C25H21ClN2O4S/c1-17(29)19-8-12-21(13-9-19)27-25(30)15-28-14-24(22-4-2-3-5-23(22)28)33(31,32)16-18-6-10-20(26)11-7-18/h2-14H,15-16H2,1H3,(H,27,30). The first-order chi connectivity index (χ1) is 15.7. The van der Waals surface area contributed by atoms with E-state index in [2.05, 4.69) is 5.32 Å². The molecule has 0 aliphatic rings. The number of ketones is 1. The molecule has 6 nitrogen and oxygen atoms in total. The highest BCUT2D eigenvalue weighted by Crippen LogP contribution is 2.28. The number of carbonyl (C=O) groups excluding carboxylic acids is 2. The van der Waals surface area contributed by atoms with E-state index in [4.69, 9.17) is 11.6 Å². The van der Waals surface area contributed by atoms with Gasteiger partial charge in [-0.05, 0) is 55.0 Å². The maximum Gasteiger partial charge on any atom is 0.244 e. The summed E-state index contributed by atoms with van der Waals surface area (Å²) >= 11 is 5.90. The van der Waals surface area contributed by atoms with Crippen molar-refractivity contribution in [3.05, 3.63) is 95.1 Å². The first-order valence-corrected chi connectivity index (χ1v) is 12.2. The van der Waals surface area contributed by atoms with Gasteiger partial charge in [-0.3, -0.25) is 9.59 Å². The first-order valence-electron chi connectivity index (χ1n) is 10.2. The lowest BCUT2D eigenvalue weighted by Gasteiger charge is -2.08. The van der Waals surface area contributed by atoms with Gasteiger partial charge in [-0.1, -0.05) is 41.9 Å². The van der Waals surface area contributed by atoms with Crippen LogP contribution < -0.4 is 5.32 Å². The number of sulfone groups is 1. The third kappa shape index (κ3) is 5.16. The molecule has 4 rings (SSSR count). The molecule has 0 bridgehead atoms. The van der Waals surface area contributed by atoms with E-state index in [1.54, 1.807) is 77.4 Å². The monoisotopic (exact) mass is 480 g/mol. The fourth-order valence-corrected chi connectivity index (χ4v) is 5.32. The predicted octanol–water partition coefficient (Wildman–Crippen LogP) is 5.11. The molecule has 0 unspecified atom stereocenters. The van der Waals surface area contributed by atoms with Crippen LogP contribution in [0.5, 0.6) is 0 Å². The Morgan fingerprint density at radius 1 is 0.939 bits per heavy atom. The molecule has 0 aliphatic carbocycles. The topological polar surface area (TPSA) is 85.2 Å². The average Bonchev–Trinajstić information content (AvgIpc) is 3.15. The van der Waals surface area contributed by atoms with E-state index in [9.17, 15) is 18.0 Å². The van der Waals surface area contributed by atoms with E-state index in [0.717, 1.165) is 0 Å². The van der Waals surface area contributed by atoms with Gasteiger partial charge < -0.3 is 9.88 Å². The van der Waals surface area contributed by atoms with Gasteiger partial charge in [0.15, 0.2) is 15.6 Å². The fraction of sp³-hybridized carbons (Fsp3) is 0.120. The van der Waals surface area contributed by atoms with Gasteiger partial charge in [-0.2, -0.15) is 0 Å². The van der Waals surface area contributed by atoms with Gasteiger partial charge in [0.1, 0.15) is 6.54 Å². The van der Waals surface area contributed by atoms with E-state index >= 15 is 0 Å². The number of anilines is 1. The Morgan fingerprint density at radius 2 is 1.61 bits per heavy atom. The van der Waals surface area contributed by atoms with E-state index in [1.165, 1.54) is 13.1 Å². The molecule has 0 atom stereocenters. The number of nitrogens with zero attached hydrogens (tertiary/aromatic N) is 1. The van der Waals surface area contributed by atoms with Gasteiger partial charge >= 0.3 is 0 Å². The predicted molar refractivity (Wildman–Crippen MR) is 129 cm³/mol. The Labute approximate surface area is 196 Å².